The van der Waals surface area contributed by atoms with Gasteiger partial charge in [0.2, 0.25) is 0 Å². The highest BCUT2D eigenvalue weighted by Crippen LogP contribution is 2.05. The second-order valence-corrected chi connectivity index (χ2v) is 2.75. The van der Waals surface area contributed by atoms with Crippen molar-refractivity contribution in [2.75, 3.05) is 13.1 Å². The summed E-state index contributed by atoms with van der Waals surface area (Å²) >= 11 is 4.76. The zero-order chi connectivity index (χ0) is 6.85. The molecule has 1 rings (SSSR count). The molecule has 4 heteroatoms. The fraction of sp³-hybridized carbons (Fsp3) is 0.800. The van der Waals surface area contributed by atoms with Crippen LogP contribution in [-0.4, -0.2) is 29.1 Å². The molecular weight excluding hydrogens is 134 g/mol. The van der Waals surface area contributed by atoms with Crippen molar-refractivity contribution in [1.82, 2.24) is 4.90 Å². The summed E-state index contributed by atoms with van der Waals surface area (Å²) in [6.07, 6.45) is 1.01. The molecule has 4 N–H and O–H groups in total. The predicted molar refractivity (Wildman–Crippen MR) is 41.0 cm³/mol. The quantitative estimate of drug-likeness (QED) is 0.441. The molecule has 0 radical (unpaired) electrons. The summed E-state index contributed by atoms with van der Waals surface area (Å²) in [5.74, 6) is 0. The minimum Gasteiger partial charge on any atom is -0.376 e. The molecule has 0 aromatic rings. The van der Waals surface area contributed by atoms with E-state index >= 15 is 0 Å². The zero-order valence-corrected chi connectivity index (χ0v) is 6.03. The van der Waals surface area contributed by atoms with Crippen molar-refractivity contribution < 1.29 is 0 Å². The van der Waals surface area contributed by atoms with E-state index in [0.717, 1.165) is 19.5 Å². The summed E-state index contributed by atoms with van der Waals surface area (Å²) in [7, 11) is 0. The van der Waals surface area contributed by atoms with Gasteiger partial charge in [-0.1, -0.05) is 0 Å². The van der Waals surface area contributed by atoms with Gasteiger partial charge in [-0.3, -0.25) is 0 Å². The third-order valence-corrected chi connectivity index (χ3v) is 1.79. The molecule has 0 amide bonds. The van der Waals surface area contributed by atoms with Gasteiger partial charge in [0.25, 0.3) is 0 Å². The highest BCUT2D eigenvalue weighted by Gasteiger charge is 2.18. The first-order chi connectivity index (χ1) is 4.20. The average molecular weight is 145 g/mol. The summed E-state index contributed by atoms with van der Waals surface area (Å²) < 4.78 is 0. The molecule has 0 saturated carbocycles. The number of rotatable bonds is 0. The molecule has 0 aromatic carbocycles. The van der Waals surface area contributed by atoms with Crippen LogP contribution in [0.25, 0.3) is 0 Å². The topological polar surface area (TPSA) is 55.3 Å². The lowest BCUT2D eigenvalue weighted by Crippen LogP contribution is -2.35. The highest BCUT2D eigenvalue weighted by molar-refractivity contribution is 7.80. The van der Waals surface area contributed by atoms with E-state index in [9.17, 15) is 0 Å². The van der Waals surface area contributed by atoms with Crippen LogP contribution in [0.2, 0.25) is 0 Å². The first-order valence-corrected chi connectivity index (χ1v) is 3.41. The largest absolute Gasteiger partial charge is 0.376 e. The Morgan fingerprint density at radius 3 is 2.56 bits per heavy atom. The van der Waals surface area contributed by atoms with E-state index in [1.165, 1.54) is 0 Å². The Morgan fingerprint density at radius 1 is 1.67 bits per heavy atom. The lowest BCUT2D eigenvalue weighted by molar-refractivity contribution is 0.514. The Kier molecular flexibility index (Phi) is 1.87. The van der Waals surface area contributed by atoms with Gasteiger partial charge in [0.15, 0.2) is 5.11 Å². The van der Waals surface area contributed by atoms with Crippen LogP contribution in [0.15, 0.2) is 0 Å². The predicted octanol–water partition coefficient (Wildman–Crippen LogP) is -0.737. The van der Waals surface area contributed by atoms with E-state index in [-0.39, 0.29) is 6.04 Å². The van der Waals surface area contributed by atoms with Gasteiger partial charge in [-0.15, -0.1) is 0 Å². The molecule has 0 aliphatic carbocycles. The van der Waals surface area contributed by atoms with E-state index in [1.54, 1.807) is 0 Å². The fourth-order valence-electron chi connectivity index (χ4n) is 0.987. The van der Waals surface area contributed by atoms with Crippen molar-refractivity contribution in [3.05, 3.63) is 0 Å². The summed E-state index contributed by atoms with van der Waals surface area (Å²) in [6.45, 7) is 1.76. The van der Waals surface area contributed by atoms with Crippen molar-refractivity contribution in [2.45, 2.75) is 12.5 Å². The Labute approximate surface area is 60.0 Å². The standard InChI is InChI=1S/C5H11N3S/c6-4-1-2-8(3-4)5(7)9/h4H,1-3,6H2,(H2,7,9)/t4-/m1/s1. The Bertz CT molecular complexity index is 125. The molecule has 1 aliphatic heterocycles. The van der Waals surface area contributed by atoms with E-state index in [1.807, 2.05) is 4.90 Å². The van der Waals surface area contributed by atoms with Crippen molar-refractivity contribution in [3.63, 3.8) is 0 Å². The fourth-order valence-corrected chi connectivity index (χ4v) is 1.15. The van der Waals surface area contributed by atoms with Gasteiger partial charge in [-0.2, -0.15) is 0 Å². The molecule has 1 fully saturated rings. The number of likely N-dealkylation sites (tertiary alicyclic amines) is 1. The van der Waals surface area contributed by atoms with E-state index in [0.29, 0.717) is 5.11 Å². The lowest BCUT2D eigenvalue weighted by Gasteiger charge is -2.13. The van der Waals surface area contributed by atoms with Crippen molar-refractivity contribution in [3.8, 4) is 0 Å². The maximum atomic E-state index is 5.61. The van der Waals surface area contributed by atoms with Gasteiger partial charge in [-0.25, -0.2) is 0 Å². The smallest absolute Gasteiger partial charge is 0.166 e. The van der Waals surface area contributed by atoms with Crippen LogP contribution in [0.1, 0.15) is 6.42 Å². The van der Waals surface area contributed by atoms with Gasteiger partial charge in [0.05, 0.1) is 0 Å². The minimum atomic E-state index is 0.270. The third kappa shape index (κ3) is 1.53. The summed E-state index contributed by atoms with van der Waals surface area (Å²) in [5.41, 5.74) is 11.0. The molecule has 0 spiro atoms. The second kappa shape index (κ2) is 2.49. The first kappa shape index (κ1) is 6.77. The van der Waals surface area contributed by atoms with Crippen molar-refractivity contribution >= 4 is 17.3 Å². The van der Waals surface area contributed by atoms with Crippen molar-refractivity contribution in [2.24, 2.45) is 11.5 Å². The Morgan fingerprint density at radius 2 is 2.33 bits per heavy atom. The molecule has 0 aromatic heterocycles. The van der Waals surface area contributed by atoms with E-state index in [4.69, 9.17) is 23.7 Å². The van der Waals surface area contributed by atoms with Gasteiger partial charge in [0, 0.05) is 19.1 Å². The zero-order valence-electron chi connectivity index (χ0n) is 5.21. The molecule has 0 unspecified atom stereocenters. The second-order valence-electron chi connectivity index (χ2n) is 2.33. The number of nitrogens with two attached hydrogens (primary N) is 2. The third-order valence-electron chi connectivity index (χ3n) is 1.54. The number of hydrogen-bond acceptors (Lipinski definition) is 2. The van der Waals surface area contributed by atoms with Crippen LogP contribution < -0.4 is 11.5 Å². The van der Waals surface area contributed by atoms with Crippen LogP contribution in [-0.2, 0) is 0 Å². The molecule has 52 valence electrons. The summed E-state index contributed by atoms with van der Waals surface area (Å²) in [6, 6.07) is 0.270. The molecule has 1 heterocycles. The molecule has 1 atom stereocenters. The molecule has 9 heavy (non-hydrogen) atoms. The summed E-state index contributed by atoms with van der Waals surface area (Å²) in [5, 5.41) is 0.475. The van der Waals surface area contributed by atoms with Crippen molar-refractivity contribution in [1.29, 1.82) is 0 Å². The molecule has 3 nitrogen and oxygen atoms in total. The summed E-state index contributed by atoms with van der Waals surface area (Å²) in [4.78, 5) is 1.93. The van der Waals surface area contributed by atoms with Crippen LogP contribution in [0, 0.1) is 0 Å². The van der Waals surface area contributed by atoms with Gasteiger partial charge in [-0.05, 0) is 18.6 Å². The molecular formula is C5H11N3S. The van der Waals surface area contributed by atoms with Crippen LogP contribution in [0.5, 0.6) is 0 Å². The Balaban J connectivity index is 2.39. The monoisotopic (exact) mass is 145 g/mol. The SMILES string of the molecule is NC(=S)N1CC[C@@H](N)C1. The van der Waals surface area contributed by atoms with E-state index < -0.39 is 0 Å². The van der Waals surface area contributed by atoms with E-state index in [2.05, 4.69) is 0 Å². The Hall–Kier alpha value is -0.350. The van der Waals surface area contributed by atoms with Gasteiger partial charge >= 0.3 is 0 Å². The first-order valence-electron chi connectivity index (χ1n) is 3.00. The van der Waals surface area contributed by atoms with Crippen LogP contribution in [0.3, 0.4) is 0 Å². The maximum Gasteiger partial charge on any atom is 0.166 e. The minimum absolute atomic E-state index is 0.270. The molecule has 1 aliphatic rings. The van der Waals surface area contributed by atoms with Gasteiger partial charge in [0.1, 0.15) is 0 Å². The van der Waals surface area contributed by atoms with Crippen LogP contribution >= 0.6 is 12.2 Å². The van der Waals surface area contributed by atoms with Crippen LogP contribution in [0.4, 0.5) is 0 Å². The normalized spacial score (nSPS) is 26.8. The average Bonchev–Trinajstić information content (AvgIpc) is 2.14. The number of hydrogen-bond donors (Lipinski definition) is 2. The lowest BCUT2D eigenvalue weighted by atomic mass is 10.3. The molecule has 1 saturated heterocycles. The maximum absolute atomic E-state index is 5.61. The number of nitrogens with zero attached hydrogens (tertiary/aromatic N) is 1. The highest BCUT2D eigenvalue weighted by atomic mass is 32.1. The molecule has 0 bridgehead atoms. The van der Waals surface area contributed by atoms with Gasteiger partial charge < -0.3 is 16.4 Å². The number of thiocarbonyl (C=S) groups is 1.